The second-order valence-corrected chi connectivity index (χ2v) is 4.78. The first kappa shape index (κ1) is 18.2. The average Bonchev–Trinajstić information content (AvgIpc) is 2.28. The second kappa shape index (κ2) is 6.13. The number of nitrogens with one attached hydrogen (secondary N) is 2. The zero-order valence-electron chi connectivity index (χ0n) is 10.8. The van der Waals surface area contributed by atoms with E-state index in [1.165, 1.54) is 0 Å². The van der Waals surface area contributed by atoms with Crippen molar-refractivity contribution in [1.29, 1.82) is 5.41 Å². The molecule has 0 aromatic carbocycles. The van der Waals surface area contributed by atoms with E-state index < -0.39 is 66.8 Å². The van der Waals surface area contributed by atoms with Gasteiger partial charge in [0.25, 0.3) is 6.43 Å². The van der Waals surface area contributed by atoms with Crippen LogP contribution in [0.15, 0.2) is 11.3 Å². The Labute approximate surface area is 119 Å². The van der Waals surface area contributed by atoms with Crippen LogP contribution in [-0.4, -0.2) is 41.9 Å². The van der Waals surface area contributed by atoms with Crippen LogP contribution in [-0.2, 0) is 4.79 Å². The molecule has 1 aliphatic rings. The molecular weight excluding hydrogens is 325 g/mol. The third kappa shape index (κ3) is 4.34. The summed E-state index contributed by atoms with van der Waals surface area (Å²) in [5.41, 5.74) is -6.16. The maximum atomic E-state index is 12.7. The molecule has 0 aromatic rings. The van der Waals surface area contributed by atoms with Crippen LogP contribution in [0.4, 0.5) is 30.7 Å². The largest absolute Gasteiger partial charge is 0.477 e. The summed E-state index contributed by atoms with van der Waals surface area (Å²) in [4.78, 5) is 10.9. The normalized spacial score (nSPS) is 19.5. The quantitative estimate of drug-likeness (QED) is 0.397. The number of allylic oxidation sites excluding steroid dienone is 1. The lowest BCUT2D eigenvalue weighted by Crippen LogP contribution is -2.42. The molecule has 0 heterocycles. The molecule has 1 saturated carbocycles. The van der Waals surface area contributed by atoms with E-state index in [0.29, 0.717) is 0 Å². The van der Waals surface area contributed by atoms with Gasteiger partial charge in [0.15, 0.2) is 0 Å². The molecule has 0 unspecified atom stereocenters. The van der Waals surface area contributed by atoms with E-state index in [4.69, 9.17) is 10.5 Å². The molecule has 22 heavy (non-hydrogen) atoms. The fourth-order valence-electron chi connectivity index (χ4n) is 1.98. The van der Waals surface area contributed by atoms with Gasteiger partial charge in [0.2, 0.25) is 5.92 Å². The summed E-state index contributed by atoms with van der Waals surface area (Å²) in [6, 6.07) is 0. The fourth-order valence-corrected chi connectivity index (χ4v) is 1.98. The highest BCUT2D eigenvalue weighted by molar-refractivity contribution is 6.07. The molecule has 1 aliphatic carbocycles. The van der Waals surface area contributed by atoms with Gasteiger partial charge in [-0.2, -0.15) is 13.2 Å². The molecule has 0 spiro atoms. The molecule has 11 heteroatoms. The Kier molecular flexibility index (Phi) is 5.08. The molecule has 0 amide bonds. The van der Waals surface area contributed by atoms with Crippen molar-refractivity contribution in [1.82, 2.24) is 5.32 Å². The van der Waals surface area contributed by atoms with Gasteiger partial charge < -0.3 is 10.4 Å². The lowest BCUT2D eigenvalue weighted by atomic mass is 9.81. The van der Waals surface area contributed by atoms with Crippen molar-refractivity contribution in [2.24, 2.45) is 5.92 Å². The van der Waals surface area contributed by atoms with E-state index in [0.717, 1.165) is 0 Å². The molecule has 0 saturated heterocycles. The van der Waals surface area contributed by atoms with Crippen molar-refractivity contribution in [2.75, 3.05) is 6.54 Å². The summed E-state index contributed by atoms with van der Waals surface area (Å²) >= 11 is 0. The number of carboxylic acid groups (broad SMARTS) is 1. The van der Waals surface area contributed by atoms with Crippen molar-refractivity contribution >= 4 is 11.7 Å². The summed E-state index contributed by atoms with van der Waals surface area (Å²) < 4.78 is 88.0. The van der Waals surface area contributed by atoms with Gasteiger partial charge in [-0.1, -0.05) is 0 Å². The zero-order valence-corrected chi connectivity index (χ0v) is 10.8. The summed E-state index contributed by atoms with van der Waals surface area (Å²) in [5.74, 6) is -5.94. The van der Waals surface area contributed by atoms with E-state index >= 15 is 0 Å². The summed E-state index contributed by atoms with van der Waals surface area (Å²) in [5, 5.41) is 17.2. The number of carbonyl (C=O) groups is 1. The summed E-state index contributed by atoms with van der Waals surface area (Å²) in [6.45, 7) is -0.548. The van der Waals surface area contributed by atoms with Crippen molar-refractivity contribution < 1.29 is 40.6 Å². The summed E-state index contributed by atoms with van der Waals surface area (Å²) in [6.07, 6.45) is -10.6. The average molecular weight is 336 g/mol. The van der Waals surface area contributed by atoms with E-state index in [1.54, 1.807) is 5.32 Å². The Morgan fingerprint density at radius 1 is 1.32 bits per heavy atom. The van der Waals surface area contributed by atoms with Crippen LogP contribution in [0, 0.1) is 11.3 Å². The second-order valence-electron chi connectivity index (χ2n) is 4.78. The van der Waals surface area contributed by atoms with Gasteiger partial charge in [-0.15, -0.1) is 0 Å². The van der Waals surface area contributed by atoms with Gasteiger partial charge in [0.1, 0.15) is 17.0 Å². The Hall–Kier alpha value is -1.81. The Balaban J connectivity index is 3.01. The SMILES string of the molecule is N=C(/C(=C(\NCC1CC(F)(F)C1)C(=O)O)C(F)(F)F)C(F)F. The number of hydrogen-bond donors (Lipinski definition) is 3. The highest BCUT2D eigenvalue weighted by Gasteiger charge is 2.46. The standard InChI is InChI=1S/C11H11F7N2O2/c12-8(13)6(19)5(11(16,17)18)7(9(21)22)20-3-4-1-10(14,15)2-4/h4,8,19-20H,1-3H2,(H,21,22)/b7-5+,19-6?. The molecule has 0 bridgehead atoms. The predicted molar refractivity (Wildman–Crippen MR) is 60.1 cm³/mol. The fraction of sp³-hybridized carbons (Fsp3) is 0.636. The number of aliphatic carboxylic acids is 1. The van der Waals surface area contributed by atoms with Gasteiger partial charge in [0, 0.05) is 19.4 Å². The van der Waals surface area contributed by atoms with Gasteiger partial charge in [-0.05, 0) is 5.92 Å². The Morgan fingerprint density at radius 2 is 1.82 bits per heavy atom. The van der Waals surface area contributed by atoms with Crippen LogP contribution in [0.3, 0.4) is 0 Å². The van der Waals surface area contributed by atoms with E-state index in [2.05, 4.69) is 0 Å². The van der Waals surface area contributed by atoms with Gasteiger partial charge in [-0.25, -0.2) is 22.4 Å². The molecule has 0 aliphatic heterocycles. The zero-order chi connectivity index (χ0) is 17.3. The maximum Gasteiger partial charge on any atom is 0.420 e. The Morgan fingerprint density at radius 3 is 2.14 bits per heavy atom. The van der Waals surface area contributed by atoms with Crippen LogP contribution < -0.4 is 5.32 Å². The van der Waals surface area contributed by atoms with E-state index in [1.807, 2.05) is 0 Å². The third-order valence-corrected chi connectivity index (χ3v) is 2.98. The minimum atomic E-state index is -5.50. The number of carboxylic acids is 1. The molecule has 1 rings (SSSR count). The summed E-state index contributed by atoms with van der Waals surface area (Å²) in [7, 11) is 0. The molecule has 0 radical (unpaired) electrons. The van der Waals surface area contributed by atoms with Crippen molar-refractivity contribution in [2.45, 2.75) is 31.4 Å². The number of rotatable bonds is 6. The van der Waals surface area contributed by atoms with Crippen LogP contribution in [0.5, 0.6) is 0 Å². The monoisotopic (exact) mass is 336 g/mol. The van der Waals surface area contributed by atoms with Gasteiger partial charge >= 0.3 is 12.1 Å². The first-order valence-electron chi connectivity index (χ1n) is 5.88. The lowest BCUT2D eigenvalue weighted by Gasteiger charge is -2.35. The van der Waals surface area contributed by atoms with E-state index in [9.17, 15) is 35.5 Å². The molecule has 0 atom stereocenters. The molecular formula is C11H11F7N2O2. The van der Waals surface area contributed by atoms with Crippen LogP contribution in [0.1, 0.15) is 12.8 Å². The van der Waals surface area contributed by atoms with E-state index in [-0.39, 0.29) is 0 Å². The van der Waals surface area contributed by atoms with Crippen molar-refractivity contribution in [3.8, 4) is 0 Å². The third-order valence-electron chi connectivity index (χ3n) is 2.98. The minimum Gasteiger partial charge on any atom is -0.477 e. The first-order chi connectivity index (χ1) is 9.85. The number of halogens is 7. The predicted octanol–water partition coefficient (Wildman–Crippen LogP) is 2.81. The van der Waals surface area contributed by atoms with Crippen molar-refractivity contribution in [3.63, 3.8) is 0 Å². The number of alkyl halides is 7. The number of hydrogen-bond acceptors (Lipinski definition) is 3. The maximum absolute atomic E-state index is 12.7. The van der Waals surface area contributed by atoms with Crippen LogP contribution in [0.25, 0.3) is 0 Å². The first-order valence-corrected chi connectivity index (χ1v) is 5.88. The van der Waals surface area contributed by atoms with Crippen molar-refractivity contribution in [3.05, 3.63) is 11.3 Å². The highest BCUT2D eigenvalue weighted by atomic mass is 19.4. The highest BCUT2D eigenvalue weighted by Crippen LogP contribution is 2.42. The van der Waals surface area contributed by atoms with Gasteiger partial charge in [0.05, 0.1) is 0 Å². The molecule has 4 nitrogen and oxygen atoms in total. The lowest BCUT2D eigenvalue weighted by molar-refractivity contribution is -0.134. The Bertz CT molecular complexity index is 491. The smallest absolute Gasteiger partial charge is 0.420 e. The minimum absolute atomic E-state index is 0.548. The molecule has 0 aromatic heterocycles. The molecule has 1 fully saturated rings. The molecule has 126 valence electrons. The van der Waals surface area contributed by atoms with Crippen LogP contribution >= 0.6 is 0 Å². The topological polar surface area (TPSA) is 73.2 Å². The van der Waals surface area contributed by atoms with Crippen LogP contribution in [0.2, 0.25) is 0 Å². The molecule has 3 N–H and O–H groups in total. The van der Waals surface area contributed by atoms with Gasteiger partial charge in [-0.3, -0.25) is 5.41 Å².